The van der Waals surface area contributed by atoms with Crippen LogP contribution < -0.4 is 0 Å². The summed E-state index contributed by atoms with van der Waals surface area (Å²) in [7, 11) is 0. The minimum atomic E-state index is 0.585. The van der Waals surface area contributed by atoms with Crippen molar-refractivity contribution >= 4 is 11.6 Å². The summed E-state index contributed by atoms with van der Waals surface area (Å²) in [6.07, 6.45) is 8.69. The van der Waals surface area contributed by atoms with Gasteiger partial charge in [-0.1, -0.05) is 26.2 Å². The van der Waals surface area contributed by atoms with Crippen LogP contribution in [0, 0.1) is 17.3 Å². The van der Waals surface area contributed by atoms with Gasteiger partial charge in [-0.2, -0.15) is 0 Å². The molecule has 1 heteroatoms. The molecule has 2 rings (SSSR count). The zero-order chi connectivity index (χ0) is 8.60. The molecular weight excluding hydrogens is 168 g/mol. The molecule has 2 saturated carbocycles. The second-order valence-electron chi connectivity index (χ2n) is 4.81. The molecule has 0 aromatic rings. The molecule has 12 heavy (non-hydrogen) atoms. The highest BCUT2D eigenvalue weighted by Gasteiger charge is 2.54. The molecule has 0 bridgehead atoms. The number of hydrogen-bond acceptors (Lipinski definition) is 0. The van der Waals surface area contributed by atoms with Crippen molar-refractivity contribution in [3.05, 3.63) is 0 Å². The maximum atomic E-state index is 6.08. The van der Waals surface area contributed by atoms with Crippen molar-refractivity contribution in [2.75, 3.05) is 5.88 Å². The standard InChI is InChI=1S/C11H19Cl/c1-9-7-11(9,8-12)10-5-3-2-4-6-10/h9-10H,2-8H2,1H3. The molecule has 0 N–H and O–H groups in total. The Morgan fingerprint density at radius 3 is 2.25 bits per heavy atom. The predicted octanol–water partition coefficient (Wildman–Crippen LogP) is 3.83. The summed E-state index contributed by atoms with van der Waals surface area (Å²) in [5.41, 5.74) is 0.585. The number of hydrogen-bond donors (Lipinski definition) is 0. The van der Waals surface area contributed by atoms with Crippen LogP contribution in [0.3, 0.4) is 0 Å². The van der Waals surface area contributed by atoms with Crippen LogP contribution in [0.4, 0.5) is 0 Å². The highest BCUT2D eigenvalue weighted by molar-refractivity contribution is 6.18. The zero-order valence-corrected chi connectivity index (χ0v) is 8.74. The predicted molar refractivity (Wildman–Crippen MR) is 53.5 cm³/mol. The molecule has 0 aliphatic heterocycles. The first-order valence-corrected chi connectivity index (χ1v) is 5.89. The van der Waals surface area contributed by atoms with Crippen LogP contribution in [0.5, 0.6) is 0 Å². The molecular formula is C11H19Cl. The first-order chi connectivity index (χ1) is 5.79. The lowest BCUT2D eigenvalue weighted by atomic mass is 9.77. The fourth-order valence-electron chi connectivity index (χ4n) is 3.05. The Morgan fingerprint density at radius 2 is 1.83 bits per heavy atom. The summed E-state index contributed by atoms with van der Waals surface area (Å²) in [5.74, 6) is 2.80. The second kappa shape index (κ2) is 3.21. The molecule has 0 spiro atoms. The third-order valence-corrected chi connectivity index (χ3v) is 4.67. The lowest BCUT2D eigenvalue weighted by molar-refractivity contribution is 0.233. The van der Waals surface area contributed by atoms with Crippen molar-refractivity contribution in [2.24, 2.45) is 17.3 Å². The Kier molecular flexibility index (Phi) is 2.37. The Hall–Kier alpha value is 0.290. The van der Waals surface area contributed by atoms with Gasteiger partial charge in [0.1, 0.15) is 0 Å². The minimum absolute atomic E-state index is 0.585. The SMILES string of the molecule is CC1CC1(CCl)C1CCCCC1. The van der Waals surface area contributed by atoms with Gasteiger partial charge in [0.15, 0.2) is 0 Å². The van der Waals surface area contributed by atoms with Gasteiger partial charge in [-0.05, 0) is 36.5 Å². The fourth-order valence-corrected chi connectivity index (χ4v) is 3.64. The van der Waals surface area contributed by atoms with E-state index in [1.165, 1.54) is 38.5 Å². The molecule has 2 fully saturated rings. The average molecular weight is 187 g/mol. The molecule has 70 valence electrons. The molecule has 0 nitrogen and oxygen atoms in total. The average Bonchev–Trinajstić information content (AvgIpc) is 2.80. The van der Waals surface area contributed by atoms with Crippen LogP contribution in [0.25, 0.3) is 0 Å². The lowest BCUT2D eigenvalue weighted by Crippen LogP contribution is -2.22. The Bertz CT molecular complexity index is 156. The Balaban J connectivity index is 1.97. The van der Waals surface area contributed by atoms with Gasteiger partial charge in [-0.3, -0.25) is 0 Å². The van der Waals surface area contributed by atoms with Crippen molar-refractivity contribution in [3.8, 4) is 0 Å². The number of halogens is 1. The summed E-state index contributed by atoms with van der Waals surface area (Å²) >= 11 is 6.08. The van der Waals surface area contributed by atoms with Gasteiger partial charge >= 0.3 is 0 Å². The minimum Gasteiger partial charge on any atom is -0.126 e. The lowest BCUT2D eigenvalue weighted by Gasteiger charge is -2.29. The van der Waals surface area contributed by atoms with Gasteiger partial charge in [0.05, 0.1) is 0 Å². The van der Waals surface area contributed by atoms with Gasteiger partial charge in [0.25, 0.3) is 0 Å². The van der Waals surface area contributed by atoms with E-state index in [4.69, 9.17) is 11.6 Å². The quantitative estimate of drug-likeness (QED) is 0.575. The van der Waals surface area contributed by atoms with Crippen molar-refractivity contribution in [1.29, 1.82) is 0 Å². The van der Waals surface area contributed by atoms with Crippen molar-refractivity contribution in [1.82, 2.24) is 0 Å². The summed E-state index contributed by atoms with van der Waals surface area (Å²) < 4.78 is 0. The van der Waals surface area contributed by atoms with Gasteiger partial charge in [-0.15, -0.1) is 11.6 Å². The third kappa shape index (κ3) is 1.28. The van der Waals surface area contributed by atoms with Crippen LogP contribution in [0.1, 0.15) is 45.4 Å². The maximum Gasteiger partial charge on any atom is 0.0285 e. The molecule has 2 atom stereocenters. The number of rotatable bonds is 2. The first kappa shape index (κ1) is 8.87. The van der Waals surface area contributed by atoms with E-state index < -0.39 is 0 Å². The third-order valence-electron chi connectivity index (χ3n) is 4.17. The van der Waals surface area contributed by atoms with Crippen LogP contribution in [0.2, 0.25) is 0 Å². The summed E-state index contributed by atoms with van der Waals surface area (Å²) in [5, 5.41) is 0. The van der Waals surface area contributed by atoms with E-state index in [2.05, 4.69) is 6.92 Å². The molecule has 0 amide bonds. The van der Waals surface area contributed by atoms with Crippen LogP contribution >= 0.6 is 11.6 Å². The van der Waals surface area contributed by atoms with Crippen molar-refractivity contribution < 1.29 is 0 Å². The van der Waals surface area contributed by atoms with Crippen molar-refractivity contribution in [2.45, 2.75) is 45.4 Å². The maximum absolute atomic E-state index is 6.08. The van der Waals surface area contributed by atoms with E-state index in [9.17, 15) is 0 Å². The van der Waals surface area contributed by atoms with E-state index in [0.29, 0.717) is 5.41 Å². The summed E-state index contributed by atoms with van der Waals surface area (Å²) in [6, 6.07) is 0. The van der Waals surface area contributed by atoms with E-state index in [1.54, 1.807) is 0 Å². The second-order valence-corrected chi connectivity index (χ2v) is 5.07. The molecule has 0 saturated heterocycles. The highest BCUT2D eigenvalue weighted by Crippen LogP contribution is 2.61. The van der Waals surface area contributed by atoms with Crippen LogP contribution in [0.15, 0.2) is 0 Å². The smallest absolute Gasteiger partial charge is 0.0285 e. The van der Waals surface area contributed by atoms with Crippen LogP contribution in [-0.2, 0) is 0 Å². The molecule has 0 radical (unpaired) electrons. The molecule has 0 heterocycles. The Morgan fingerprint density at radius 1 is 1.25 bits per heavy atom. The van der Waals surface area contributed by atoms with Gasteiger partial charge in [-0.25, -0.2) is 0 Å². The number of alkyl halides is 1. The Labute approximate surface area is 80.7 Å². The fraction of sp³-hybridized carbons (Fsp3) is 1.00. The van der Waals surface area contributed by atoms with E-state index in [1.807, 2.05) is 0 Å². The first-order valence-electron chi connectivity index (χ1n) is 5.35. The largest absolute Gasteiger partial charge is 0.126 e. The molecule has 2 unspecified atom stereocenters. The van der Waals surface area contributed by atoms with E-state index >= 15 is 0 Å². The van der Waals surface area contributed by atoms with Gasteiger partial charge < -0.3 is 0 Å². The molecule has 0 aromatic carbocycles. The topological polar surface area (TPSA) is 0 Å². The summed E-state index contributed by atoms with van der Waals surface area (Å²) in [4.78, 5) is 0. The molecule has 2 aliphatic rings. The van der Waals surface area contributed by atoms with Crippen LogP contribution in [-0.4, -0.2) is 5.88 Å². The normalized spacial score (nSPS) is 43.0. The van der Waals surface area contributed by atoms with E-state index in [-0.39, 0.29) is 0 Å². The van der Waals surface area contributed by atoms with Gasteiger partial charge in [0.2, 0.25) is 0 Å². The van der Waals surface area contributed by atoms with Gasteiger partial charge in [0, 0.05) is 5.88 Å². The van der Waals surface area contributed by atoms with E-state index in [0.717, 1.165) is 17.7 Å². The van der Waals surface area contributed by atoms with Crippen molar-refractivity contribution in [3.63, 3.8) is 0 Å². The molecule has 2 aliphatic carbocycles. The summed E-state index contributed by atoms with van der Waals surface area (Å²) in [6.45, 7) is 2.37. The zero-order valence-electron chi connectivity index (χ0n) is 7.98. The highest BCUT2D eigenvalue weighted by atomic mass is 35.5. The molecule has 0 aromatic heterocycles. The monoisotopic (exact) mass is 186 g/mol.